The fourth-order valence-electron chi connectivity index (χ4n) is 1.56. The summed E-state index contributed by atoms with van der Waals surface area (Å²) in [5.41, 5.74) is 3.30. The van der Waals surface area contributed by atoms with Crippen LogP contribution in [-0.2, 0) is 9.59 Å². The highest BCUT2D eigenvalue weighted by Gasteiger charge is 2.12. The molecule has 0 radical (unpaired) electrons. The number of methoxy groups -OCH3 is 1. The summed E-state index contributed by atoms with van der Waals surface area (Å²) in [4.78, 5) is 27.2. The highest BCUT2D eigenvalue weighted by Crippen LogP contribution is 2.16. The lowest BCUT2D eigenvalue weighted by atomic mass is 10.3. The van der Waals surface area contributed by atoms with E-state index < -0.39 is 11.8 Å². The second kappa shape index (κ2) is 7.53. The Hall–Kier alpha value is -3.22. The first-order valence-electron chi connectivity index (χ1n) is 6.37. The number of carbonyl (C=O) groups excluding carboxylic acids is 2. The second-order valence-corrected chi connectivity index (χ2v) is 4.17. The number of nitrogens with one attached hydrogen (secondary N) is 2. The first-order valence-corrected chi connectivity index (χ1v) is 6.37. The molecule has 0 bridgehead atoms. The summed E-state index contributed by atoms with van der Waals surface area (Å²) in [6.45, 7) is 0. The Labute approximate surface area is 127 Å². The van der Waals surface area contributed by atoms with Crippen molar-refractivity contribution in [2.45, 2.75) is 0 Å². The molecular weight excluding hydrogens is 284 g/mol. The van der Waals surface area contributed by atoms with Crippen molar-refractivity contribution in [2.24, 2.45) is 5.10 Å². The quantitative estimate of drug-likeness (QED) is 0.503. The van der Waals surface area contributed by atoms with Gasteiger partial charge in [-0.05, 0) is 18.2 Å². The van der Waals surface area contributed by atoms with E-state index in [0.29, 0.717) is 17.0 Å². The van der Waals surface area contributed by atoms with E-state index in [2.05, 4.69) is 20.8 Å². The number of rotatable bonds is 4. The third-order valence-electron chi connectivity index (χ3n) is 2.60. The summed E-state index contributed by atoms with van der Waals surface area (Å²) >= 11 is 0. The maximum Gasteiger partial charge on any atom is 0.329 e. The van der Waals surface area contributed by atoms with Gasteiger partial charge in [-0.15, -0.1) is 0 Å². The number of hydrogen-bond donors (Lipinski definition) is 2. The molecule has 2 rings (SSSR count). The fourth-order valence-corrected chi connectivity index (χ4v) is 1.56. The average molecular weight is 298 g/mol. The van der Waals surface area contributed by atoms with Crippen LogP contribution < -0.4 is 15.5 Å². The maximum absolute atomic E-state index is 11.7. The number of hydrogen-bond acceptors (Lipinski definition) is 5. The zero-order valence-electron chi connectivity index (χ0n) is 11.8. The molecule has 0 fully saturated rings. The van der Waals surface area contributed by atoms with Crippen LogP contribution in [0.2, 0.25) is 0 Å². The van der Waals surface area contributed by atoms with Crippen LogP contribution in [-0.4, -0.2) is 30.1 Å². The molecular formula is C15H14N4O3. The van der Waals surface area contributed by atoms with Gasteiger partial charge in [0.15, 0.2) is 0 Å². The van der Waals surface area contributed by atoms with Crippen LogP contribution in [0, 0.1) is 0 Å². The molecule has 0 aliphatic rings. The van der Waals surface area contributed by atoms with Gasteiger partial charge in [-0.3, -0.25) is 14.6 Å². The van der Waals surface area contributed by atoms with E-state index in [-0.39, 0.29) is 0 Å². The Kier molecular flexibility index (Phi) is 5.20. The molecule has 2 N–H and O–H groups in total. The predicted molar refractivity (Wildman–Crippen MR) is 81.6 cm³/mol. The smallest absolute Gasteiger partial charge is 0.329 e. The van der Waals surface area contributed by atoms with E-state index in [4.69, 9.17) is 4.74 Å². The Balaban J connectivity index is 1.89. The number of benzene rings is 1. The van der Waals surface area contributed by atoms with Crippen LogP contribution >= 0.6 is 0 Å². The standard InChI is InChI=1S/C15H14N4O3/c1-22-13-6-2-5-12(8-13)18-14(20)15(21)19-17-10-11-4-3-7-16-9-11/h2-10H,1H3,(H,18,20)(H,19,21)/b17-10-. The summed E-state index contributed by atoms with van der Waals surface area (Å²) in [5.74, 6) is -1.12. The second-order valence-electron chi connectivity index (χ2n) is 4.17. The number of aromatic nitrogens is 1. The van der Waals surface area contributed by atoms with E-state index >= 15 is 0 Å². The Morgan fingerprint density at radius 3 is 2.82 bits per heavy atom. The largest absolute Gasteiger partial charge is 0.497 e. The normalized spacial score (nSPS) is 10.2. The zero-order chi connectivity index (χ0) is 15.8. The lowest BCUT2D eigenvalue weighted by Crippen LogP contribution is -2.32. The number of pyridine rings is 1. The van der Waals surface area contributed by atoms with E-state index in [1.807, 2.05) is 0 Å². The van der Waals surface area contributed by atoms with Gasteiger partial charge < -0.3 is 10.1 Å². The molecule has 0 aliphatic heterocycles. The third-order valence-corrected chi connectivity index (χ3v) is 2.60. The van der Waals surface area contributed by atoms with Gasteiger partial charge in [0, 0.05) is 29.7 Å². The van der Waals surface area contributed by atoms with Crippen LogP contribution in [0.4, 0.5) is 5.69 Å². The molecule has 0 spiro atoms. The molecule has 1 aromatic carbocycles. The lowest BCUT2D eigenvalue weighted by molar-refractivity contribution is -0.136. The first kappa shape index (κ1) is 15.2. The molecule has 7 heteroatoms. The first-order chi connectivity index (χ1) is 10.7. The van der Waals surface area contributed by atoms with Crippen LogP contribution in [0.3, 0.4) is 0 Å². The van der Waals surface area contributed by atoms with Gasteiger partial charge >= 0.3 is 11.8 Å². The van der Waals surface area contributed by atoms with Crippen molar-refractivity contribution in [1.82, 2.24) is 10.4 Å². The molecule has 1 aromatic heterocycles. The minimum Gasteiger partial charge on any atom is -0.497 e. The van der Waals surface area contributed by atoms with Gasteiger partial charge in [0.1, 0.15) is 5.75 Å². The molecule has 0 saturated carbocycles. The van der Waals surface area contributed by atoms with Crippen molar-refractivity contribution < 1.29 is 14.3 Å². The molecule has 0 unspecified atom stereocenters. The highest BCUT2D eigenvalue weighted by atomic mass is 16.5. The minimum atomic E-state index is -0.872. The summed E-state index contributed by atoms with van der Waals surface area (Å²) in [7, 11) is 1.51. The summed E-state index contributed by atoms with van der Waals surface area (Å²) < 4.78 is 5.03. The topological polar surface area (TPSA) is 92.7 Å². The average Bonchev–Trinajstić information content (AvgIpc) is 2.56. The molecule has 1 heterocycles. The molecule has 112 valence electrons. The van der Waals surface area contributed by atoms with Crippen LogP contribution in [0.1, 0.15) is 5.56 Å². The number of hydrazone groups is 1. The van der Waals surface area contributed by atoms with Gasteiger partial charge in [0.25, 0.3) is 0 Å². The Morgan fingerprint density at radius 2 is 2.09 bits per heavy atom. The van der Waals surface area contributed by atoms with Gasteiger partial charge in [-0.1, -0.05) is 12.1 Å². The fraction of sp³-hybridized carbons (Fsp3) is 0.0667. The van der Waals surface area contributed by atoms with Crippen molar-refractivity contribution in [1.29, 1.82) is 0 Å². The Morgan fingerprint density at radius 1 is 1.23 bits per heavy atom. The summed E-state index contributed by atoms with van der Waals surface area (Å²) in [6, 6.07) is 10.2. The van der Waals surface area contributed by atoms with Gasteiger partial charge in [-0.25, -0.2) is 5.43 Å². The molecule has 0 aliphatic carbocycles. The summed E-state index contributed by atoms with van der Waals surface area (Å²) in [5, 5.41) is 6.14. The van der Waals surface area contributed by atoms with E-state index in [0.717, 1.165) is 0 Å². The van der Waals surface area contributed by atoms with Crippen molar-refractivity contribution in [3.05, 3.63) is 54.4 Å². The molecule has 22 heavy (non-hydrogen) atoms. The minimum absolute atomic E-state index is 0.454. The highest BCUT2D eigenvalue weighted by molar-refractivity contribution is 6.39. The molecule has 7 nitrogen and oxygen atoms in total. The number of amides is 2. The van der Waals surface area contributed by atoms with Crippen molar-refractivity contribution in [3.63, 3.8) is 0 Å². The maximum atomic E-state index is 11.7. The Bertz CT molecular complexity index is 686. The molecule has 2 amide bonds. The van der Waals surface area contributed by atoms with E-state index in [1.165, 1.54) is 13.3 Å². The molecule has 0 atom stereocenters. The third kappa shape index (κ3) is 4.41. The van der Waals surface area contributed by atoms with E-state index in [9.17, 15) is 9.59 Å². The number of anilines is 1. The summed E-state index contributed by atoms with van der Waals surface area (Å²) in [6.07, 6.45) is 4.59. The monoisotopic (exact) mass is 298 g/mol. The molecule has 0 saturated heterocycles. The predicted octanol–water partition coefficient (Wildman–Crippen LogP) is 1.18. The molecule has 2 aromatic rings. The van der Waals surface area contributed by atoms with Crippen molar-refractivity contribution >= 4 is 23.7 Å². The van der Waals surface area contributed by atoms with E-state index in [1.54, 1.807) is 48.8 Å². The van der Waals surface area contributed by atoms with Crippen molar-refractivity contribution in [3.8, 4) is 5.75 Å². The van der Waals surface area contributed by atoms with Crippen LogP contribution in [0.15, 0.2) is 53.9 Å². The lowest BCUT2D eigenvalue weighted by Gasteiger charge is -2.05. The van der Waals surface area contributed by atoms with Gasteiger partial charge in [0.05, 0.1) is 13.3 Å². The van der Waals surface area contributed by atoms with Crippen LogP contribution in [0.25, 0.3) is 0 Å². The van der Waals surface area contributed by atoms with Crippen LogP contribution in [0.5, 0.6) is 5.75 Å². The van der Waals surface area contributed by atoms with Gasteiger partial charge in [0.2, 0.25) is 0 Å². The number of ether oxygens (including phenoxy) is 1. The van der Waals surface area contributed by atoms with Crippen molar-refractivity contribution in [2.75, 3.05) is 12.4 Å². The SMILES string of the molecule is COc1cccc(NC(=O)C(=O)N/N=C\c2cccnc2)c1. The zero-order valence-corrected chi connectivity index (χ0v) is 11.8. The number of nitrogens with zero attached hydrogens (tertiary/aromatic N) is 2. The van der Waals surface area contributed by atoms with Gasteiger partial charge in [-0.2, -0.15) is 5.10 Å². The number of carbonyl (C=O) groups is 2.